The molecule has 0 aliphatic heterocycles. The van der Waals surface area contributed by atoms with Crippen molar-refractivity contribution in [2.75, 3.05) is 18.9 Å². The smallest absolute Gasteiger partial charge is 0.253 e. The van der Waals surface area contributed by atoms with Crippen molar-refractivity contribution in [3.63, 3.8) is 0 Å². The fourth-order valence-corrected chi connectivity index (χ4v) is 5.78. The van der Waals surface area contributed by atoms with Crippen LogP contribution < -0.4 is 5.32 Å². The minimum Gasteiger partial charge on any atom is -0.342 e. The lowest BCUT2D eigenvalue weighted by atomic mass is 9.85. The molecule has 0 radical (unpaired) electrons. The van der Waals surface area contributed by atoms with Crippen molar-refractivity contribution < 1.29 is 14.0 Å². The topological polar surface area (TPSA) is 75.2 Å². The first-order valence-electron chi connectivity index (χ1n) is 11.6. The summed E-state index contributed by atoms with van der Waals surface area (Å²) in [5.74, 6) is -1.43. The normalized spacial score (nSPS) is 12.7. The van der Waals surface area contributed by atoms with E-state index in [1.54, 1.807) is 29.4 Å². The van der Waals surface area contributed by atoms with E-state index >= 15 is 0 Å². The fraction of sp³-hybridized carbons (Fsp3) is 0.259. The van der Waals surface area contributed by atoms with Gasteiger partial charge in [0.25, 0.3) is 5.91 Å². The molecule has 2 aromatic carbocycles. The summed E-state index contributed by atoms with van der Waals surface area (Å²) in [7, 11) is 1.78. The molecule has 0 saturated carbocycles. The summed E-state index contributed by atoms with van der Waals surface area (Å²) in [6.07, 6.45) is 0. The highest BCUT2D eigenvalue weighted by Crippen LogP contribution is 2.40. The van der Waals surface area contributed by atoms with Crippen molar-refractivity contribution in [1.82, 2.24) is 15.1 Å². The molecule has 0 saturated heterocycles. The Morgan fingerprint density at radius 1 is 1.06 bits per heavy atom. The minimum absolute atomic E-state index is 0.0208. The number of benzene rings is 2. The van der Waals surface area contributed by atoms with Gasteiger partial charge in [-0.25, -0.2) is 4.39 Å². The second-order valence-electron chi connectivity index (χ2n) is 8.54. The summed E-state index contributed by atoms with van der Waals surface area (Å²) in [6.45, 7) is 6.23. The van der Waals surface area contributed by atoms with E-state index in [-0.39, 0.29) is 23.5 Å². The maximum atomic E-state index is 14.2. The molecule has 4 rings (SSSR count). The van der Waals surface area contributed by atoms with Crippen molar-refractivity contribution >= 4 is 39.6 Å². The Morgan fingerprint density at radius 3 is 2.44 bits per heavy atom. The predicted molar refractivity (Wildman–Crippen MR) is 143 cm³/mol. The van der Waals surface area contributed by atoms with E-state index in [1.165, 1.54) is 23.5 Å². The summed E-state index contributed by atoms with van der Waals surface area (Å²) < 4.78 is 14.2. The Balaban J connectivity index is 1.63. The third-order valence-corrected chi connectivity index (χ3v) is 8.02. The van der Waals surface area contributed by atoms with E-state index in [0.717, 1.165) is 25.9 Å². The van der Waals surface area contributed by atoms with Crippen LogP contribution in [0.2, 0.25) is 0 Å². The molecule has 2 heterocycles. The third kappa shape index (κ3) is 5.68. The number of aromatic nitrogens is 2. The standard InChI is InChI=1S/C27H27FN4O2S2/c1-5-32(4)26(34)19-11-9-18(10-12-19)22-13-14-23(36-22)24(20-7-6-8-21(28)15-20)16(2)25(33)29-27-31-30-17(3)35-27/h6-16,24H,5H2,1-4H3,(H,29,31,33)/t16-,24-/m1/s1. The Kier molecular flexibility index (Phi) is 7.91. The minimum atomic E-state index is -0.493. The SMILES string of the molecule is CCN(C)C(=O)c1ccc(-c2ccc([C@@H](c3cccc(F)c3)[C@@H](C)C(=O)Nc3nnc(C)s3)s2)cc1. The summed E-state index contributed by atoms with van der Waals surface area (Å²) >= 11 is 2.86. The zero-order chi connectivity index (χ0) is 25.8. The Labute approximate surface area is 217 Å². The number of rotatable bonds is 8. The monoisotopic (exact) mass is 522 g/mol. The van der Waals surface area contributed by atoms with Crippen LogP contribution in [0.25, 0.3) is 10.4 Å². The first-order chi connectivity index (χ1) is 17.3. The van der Waals surface area contributed by atoms with Crippen LogP contribution in [-0.2, 0) is 4.79 Å². The van der Waals surface area contributed by atoms with Crippen LogP contribution in [0.5, 0.6) is 0 Å². The number of hydrogen-bond donors (Lipinski definition) is 1. The van der Waals surface area contributed by atoms with E-state index in [2.05, 4.69) is 15.5 Å². The van der Waals surface area contributed by atoms with Crippen LogP contribution in [-0.4, -0.2) is 40.5 Å². The zero-order valence-electron chi connectivity index (χ0n) is 20.5. The van der Waals surface area contributed by atoms with Gasteiger partial charge in [-0.15, -0.1) is 21.5 Å². The molecule has 6 nitrogen and oxygen atoms in total. The second kappa shape index (κ2) is 11.1. The second-order valence-corrected chi connectivity index (χ2v) is 10.8. The van der Waals surface area contributed by atoms with Gasteiger partial charge in [-0.3, -0.25) is 9.59 Å². The molecule has 9 heteroatoms. The van der Waals surface area contributed by atoms with Crippen molar-refractivity contribution in [3.8, 4) is 10.4 Å². The predicted octanol–water partition coefficient (Wildman–Crippen LogP) is 6.21. The number of carbonyl (C=O) groups excluding carboxylic acids is 2. The van der Waals surface area contributed by atoms with Crippen molar-refractivity contribution in [2.45, 2.75) is 26.7 Å². The van der Waals surface area contributed by atoms with Gasteiger partial charge in [0, 0.05) is 40.7 Å². The van der Waals surface area contributed by atoms with Crippen molar-refractivity contribution in [3.05, 3.63) is 87.5 Å². The molecular weight excluding hydrogens is 495 g/mol. The molecule has 2 aromatic heterocycles. The molecule has 186 valence electrons. The van der Waals surface area contributed by atoms with Crippen LogP contribution in [0.3, 0.4) is 0 Å². The number of amides is 2. The lowest BCUT2D eigenvalue weighted by Crippen LogP contribution is -2.26. The molecule has 4 aromatic rings. The van der Waals surface area contributed by atoms with Crippen LogP contribution in [0.15, 0.2) is 60.7 Å². The van der Waals surface area contributed by atoms with E-state index in [0.29, 0.717) is 17.2 Å². The Hall–Kier alpha value is -3.43. The summed E-state index contributed by atoms with van der Waals surface area (Å²) in [6, 6.07) is 17.9. The summed E-state index contributed by atoms with van der Waals surface area (Å²) in [5, 5.41) is 12.0. The highest BCUT2D eigenvalue weighted by molar-refractivity contribution is 7.15. The number of halogens is 1. The molecule has 0 spiro atoms. The van der Waals surface area contributed by atoms with Gasteiger partial charge in [0.1, 0.15) is 10.8 Å². The maximum absolute atomic E-state index is 14.2. The highest BCUT2D eigenvalue weighted by Gasteiger charge is 2.29. The number of anilines is 1. The number of nitrogens with one attached hydrogen (secondary N) is 1. The highest BCUT2D eigenvalue weighted by atomic mass is 32.1. The first-order valence-corrected chi connectivity index (χ1v) is 13.2. The Morgan fingerprint density at radius 2 is 1.81 bits per heavy atom. The fourth-order valence-electron chi connectivity index (χ4n) is 3.93. The average molecular weight is 523 g/mol. The van der Waals surface area contributed by atoms with Crippen LogP contribution in [0.1, 0.15) is 45.6 Å². The van der Waals surface area contributed by atoms with Crippen LogP contribution in [0, 0.1) is 18.7 Å². The van der Waals surface area contributed by atoms with Crippen LogP contribution in [0.4, 0.5) is 9.52 Å². The molecule has 1 N–H and O–H groups in total. The third-order valence-electron chi connectivity index (χ3n) is 6.05. The molecular formula is C27H27FN4O2S2. The van der Waals surface area contributed by atoms with Gasteiger partial charge in [0.15, 0.2) is 0 Å². The number of nitrogens with zero attached hydrogens (tertiary/aromatic N) is 3. The lowest BCUT2D eigenvalue weighted by Gasteiger charge is -2.22. The van der Waals surface area contributed by atoms with Crippen molar-refractivity contribution in [1.29, 1.82) is 0 Å². The largest absolute Gasteiger partial charge is 0.342 e. The van der Waals surface area contributed by atoms with Crippen LogP contribution >= 0.6 is 22.7 Å². The first kappa shape index (κ1) is 25.7. The molecule has 2 amide bonds. The molecule has 0 aliphatic rings. The molecule has 0 aliphatic carbocycles. The molecule has 36 heavy (non-hydrogen) atoms. The van der Waals surface area contributed by atoms with Gasteiger partial charge in [-0.05, 0) is 61.4 Å². The molecule has 0 unspecified atom stereocenters. The molecule has 2 atom stereocenters. The Bertz CT molecular complexity index is 1370. The van der Waals surface area contributed by atoms with E-state index in [4.69, 9.17) is 0 Å². The quantitative estimate of drug-likeness (QED) is 0.298. The summed E-state index contributed by atoms with van der Waals surface area (Å²) in [4.78, 5) is 29.2. The maximum Gasteiger partial charge on any atom is 0.253 e. The summed E-state index contributed by atoms with van der Waals surface area (Å²) in [5.41, 5.74) is 2.33. The van der Waals surface area contributed by atoms with Crippen molar-refractivity contribution in [2.24, 2.45) is 5.92 Å². The van der Waals surface area contributed by atoms with E-state index in [1.807, 2.05) is 63.2 Å². The van der Waals surface area contributed by atoms with Gasteiger partial charge < -0.3 is 10.2 Å². The number of hydrogen-bond acceptors (Lipinski definition) is 6. The van der Waals surface area contributed by atoms with Gasteiger partial charge in [-0.1, -0.05) is 42.5 Å². The van der Waals surface area contributed by atoms with Gasteiger partial charge in [0.05, 0.1) is 0 Å². The molecule has 0 fully saturated rings. The van der Waals surface area contributed by atoms with Gasteiger partial charge in [0.2, 0.25) is 11.0 Å². The number of aryl methyl sites for hydroxylation is 1. The van der Waals surface area contributed by atoms with E-state index in [9.17, 15) is 14.0 Å². The number of thiophene rings is 1. The zero-order valence-corrected chi connectivity index (χ0v) is 22.1. The molecule has 0 bridgehead atoms. The average Bonchev–Trinajstić information content (AvgIpc) is 3.52. The number of carbonyl (C=O) groups is 2. The van der Waals surface area contributed by atoms with Gasteiger partial charge in [-0.2, -0.15) is 0 Å². The van der Waals surface area contributed by atoms with E-state index < -0.39 is 5.92 Å². The van der Waals surface area contributed by atoms with Gasteiger partial charge >= 0.3 is 0 Å². The lowest BCUT2D eigenvalue weighted by molar-refractivity contribution is -0.119.